The van der Waals surface area contributed by atoms with Gasteiger partial charge < -0.3 is 30.0 Å². The fourth-order valence-corrected chi connectivity index (χ4v) is 5.39. The summed E-state index contributed by atoms with van der Waals surface area (Å²) in [6.45, 7) is 4.73. The van der Waals surface area contributed by atoms with E-state index in [9.17, 15) is 14.0 Å². The fraction of sp³-hybridized carbons (Fsp3) is 0.214. The molecule has 0 aliphatic carbocycles. The molecule has 39 heavy (non-hydrogen) atoms. The van der Waals surface area contributed by atoms with Crippen LogP contribution in [0.5, 0.6) is 11.6 Å². The number of pyridine rings is 2. The van der Waals surface area contributed by atoms with E-state index in [1.807, 2.05) is 0 Å². The Bertz CT molecular complexity index is 1660. The maximum absolute atomic E-state index is 14.6. The van der Waals surface area contributed by atoms with Crippen molar-refractivity contribution >= 4 is 34.2 Å². The van der Waals surface area contributed by atoms with Gasteiger partial charge in [0, 0.05) is 43.2 Å². The third-order valence-corrected chi connectivity index (χ3v) is 7.29. The molecule has 0 radical (unpaired) electrons. The summed E-state index contributed by atoms with van der Waals surface area (Å²) in [6, 6.07) is 9.83. The van der Waals surface area contributed by atoms with Crippen LogP contribution in [0, 0.1) is 5.82 Å². The Hall–Kier alpha value is -4.93. The van der Waals surface area contributed by atoms with Crippen LogP contribution in [0.3, 0.4) is 0 Å². The first-order chi connectivity index (χ1) is 18.9. The number of H-pyrrole nitrogens is 1. The molecule has 2 aliphatic rings. The van der Waals surface area contributed by atoms with Crippen molar-refractivity contribution in [3.8, 4) is 22.9 Å². The van der Waals surface area contributed by atoms with Gasteiger partial charge in [-0.25, -0.2) is 9.37 Å². The second-order valence-corrected chi connectivity index (χ2v) is 9.51. The molecule has 3 aromatic heterocycles. The second kappa shape index (κ2) is 9.12. The Labute approximate surface area is 222 Å². The van der Waals surface area contributed by atoms with Gasteiger partial charge >= 0.3 is 0 Å². The van der Waals surface area contributed by atoms with E-state index < -0.39 is 11.2 Å². The SMILES string of the molecule is C=CC(=O)N1CC2(CNC(=O)c3c2[nH]c(-c2ccnc4ccc(OC)nc24)c3Nc2cccc(F)c2OC)C1. The number of halogens is 1. The van der Waals surface area contributed by atoms with E-state index in [1.165, 1.54) is 26.4 Å². The number of para-hydroxylation sites is 1. The number of aromatic amines is 1. The molecule has 2 amide bonds. The lowest BCUT2D eigenvalue weighted by Gasteiger charge is -2.51. The van der Waals surface area contributed by atoms with Crippen LogP contribution in [-0.2, 0) is 10.2 Å². The minimum atomic E-state index is -0.548. The summed E-state index contributed by atoms with van der Waals surface area (Å²) in [5.74, 6) is -0.609. The largest absolute Gasteiger partial charge is 0.492 e. The molecule has 1 spiro atoms. The molecule has 2 aliphatic heterocycles. The van der Waals surface area contributed by atoms with Crippen molar-refractivity contribution in [2.45, 2.75) is 5.41 Å². The lowest BCUT2D eigenvalue weighted by molar-refractivity contribution is -0.133. The number of benzene rings is 1. The standard InChI is InChI=1S/C28H25FN6O4/c1-4-20(36)35-13-28(14-35)12-31-27(37)21-24(32-18-7-5-6-16(29)25(18)39-3)23(34-26(21)28)15-10-11-30-17-8-9-19(38-2)33-22(15)17/h4-11,32,34H,1,12-14H2,2-3H3,(H,31,37). The summed E-state index contributed by atoms with van der Waals surface area (Å²) >= 11 is 0. The topological polar surface area (TPSA) is 121 Å². The van der Waals surface area contributed by atoms with E-state index in [2.05, 4.69) is 32.2 Å². The number of aromatic nitrogens is 3. The van der Waals surface area contributed by atoms with E-state index in [0.29, 0.717) is 70.4 Å². The Balaban J connectivity index is 1.59. The average Bonchev–Trinajstić information content (AvgIpc) is 3.31. The van der Waals surface area contributed by atoms with Crippen molar-refractivity contribution in [1.29, 1.82) is 0 Å². The Morgan fingerprint density at radius 3 is 2.77 bits per heavy atom. The van der Waals surface area contributed by atoms with Crippen LogP contribution in [0.2, 0.25) is 0 Å². The highest BCUT2D eigenvalue weighted by molar-refractivity contribution is 6.09. The van der Waals surface area contributed by atoms with Gasteiger partial charge in [-0.05, 0) is 30.3 Å². The lowest BCUT2D eigenvalue weighted by Crippen LogP contribution is -2.67. The number of hydrogen-bond acceptors (Lipinski definition) is 7. The lowest BCUT2D eigenvalue weighted by atomic mass is 9.73. The molecule has 5 heterocycles. The van der Waals surface area contributed by atoms with E-state index in [-0.39, 0.29) is 17.6 Å². The summed E-state index contributed by atoms with van der Waals surface area (Å²) in [7, 11) is 2.91. The highest BCUT2D eigenvalue weighted by Gasteiger charge is 2.52. The molecule has 6 rings (SSSR count). The maximum Gasteiger partial charge on any atom is 0.255 e. The first-order valence-corrected chi connectivity index (χ1v) is 12.2. The average molecular weight is 529 g/mol. The maximum atomic E-state index is 14.6. The number of amides is 2. The molecular formula is C28H25FN6O4. The molecule has 1 aromatic carbocycles. The smallest absolute Gasteiger partial charge is 0.255 e. The van der Waals surface area contributed by atoms with Gasteiger partial charge in [-0.2, -0.15) is 0 Å². The number of anilines is 2. The Morgan fingerprint density at radius 2 is 2.03 bits per heavy atom. The molecule has 0 atom stereocenters. The van der Waals surface area contributed by atoms with Gasteiger partial charge in [-0.15, -0.1) is 0 Å². The summed E-state index contributed by atoms with van der Waals surface area (Å²) in [6.07, 6.45) is 2.93. The molecular weight excluding hydrogens is 503 g/mol. The van der Waals surface area contributed by atoms with Crippen LogP contribution in [0.4, 0.5) is 15.8 Å². The molecule has 0 unspecified atom stereocenters. The number of hydrogen-bond donors (Lipinski definition) is 3. The predicted octanol–water partition coefficient (Wildman–Crippen LogP) is 3.53. The van der Waals surface area contributed by atoms with E-state index in [1.54, 1.807) is 41.4 Å². The van der Waals surface area contributed by atoms with Gasteiger partial charge in [-0.1, -0.05) is 12.6 Å². The number of methoxy groups -OCH3 is 2. The van der Waals surface area contributed by atoms with Crippen molar-refractivity contribution < 1.29 is 23.5 Å². The zero-order valence-corrected chi connectivity index (χ0v) is 21.3. The Morgan fingerprint density at radius 1 is 1.21 bits per heavy atom. The normalized spacial score (nSPS) is 15.4. The highest BCUT2D eigenvalue weighted by atomic mass is 19.1. The van der Waals surface area contributed by atoms with Crippen LogP contribution in [-0.4, -0.2) is 65.5 Å². The Kier molecular flexibility index (Phi) is 5.71. The second-order valence-electron chi connectivity index (χ2n) is 9.51. The van der Waals surface area contributed by atoms with E-state index in [4.69, 9.17) is 9.47 Å². The van der Waals surface area contributed by atoms with Crippen LogP contribution in [0.15, 0.2) is 55.3 Å². The van der Waals surface area contributed by atoms with E-state index >= 15 is 0 Å². The third-order valence-electron chi connectivity index (χ3n) is 7.29. The summed E-state index contributed by atoms with van der Waals surface area (Å²) < 4.78 is 25.3. The number of carbonyl (C=O) groups is 2. The number of carbonyl (C=O) groups excluding carboxylic acids is 2. The van der Waals surface area contributed by atoms with Gasteiger partial charge in [-0.3, -0.25) is 14.6 Å². The van der Waals surface area contributed by atoms with Crippen LogP contribution in [0.25, 0.3) is 22.3 Å². The van der Waals surface area contributed by atoms with Crippen molar-refractivity contribution in [3.05, 3.63) is 72.3 Å². The van der Waals surface area contributed by atoms with Crippen molar-refractivity contribution in [2.75, 3.05) is 39.2 Å². The highest BCUT2D eigenvalue weighted by Crippen LogP contribution is 2.47. The molecule has 4 aromatic rings. The molecule has 0 bridgehead atoms. The molecule has 10 nitrogen and oxygen atoms in total. The van der Waals surface area contributed by atoms with Gasteiger partial charge in [0.25, 0.3) is 5.91 Å². The van der Waals surface area contributed by atoms with Gasteiger partial charge in [0.2, 0.25) is 11.8 Å². The van der Waals surface area contributed by atoms with Crippen molar-refractivity contribution in [1.82, 2.24) is 25.2 Å². The predicted molar refractivity (Wildman–Crippen MR) is 143 cm³/mol. The van der Waals surface area contributed by atoms with Crippen molar-refractivity contribution in [3.63, 3.8) is 0 Å². The van der Waals surface area contributed by atoms with Crippen LogP contribution in [0.1, 0.15) is 16.1 Å². The van der Waals surface area contributed by atoms with Gasteiger partial charge in [0.05, 0.1) is 47.8 Å². The minimum Gasteiger partial charge on any atom is -0.492 e. The van der Waals surface area contributed by atoms with Crippen LogP contribution < -0.4 is 20.1 Å². The minimum absolute atomic E-state index is 0.00936. The quantitative estimate of drug-likeness (QED) is 0.327. The zero-order valence-electron chi connectivity index (χ0n) is 21.3. The molecule has 1 fully saturated rings. The molecule has 3 N–H and O–H groups in total. The molecule has 1 saturated heterocycles. The van der Waals surface area contributed by atoms with E-state index in [0.717, 1.165) is 0 Å². The summed E-state index contributed by atoms with van der Waals surface area (Å²) in [5, 5.41) is 6.24. The zero-order chi connectivity index (χ0) is 27.3. The van der Waals surface area contributed by atoms with Gasteiger partial charge in [0.1, 0.15) is 5.52 Å². The monoisotopic (exact) mass is 528 g/mol. The number of nitrogens with zero attached hydrogens (tertiary/aromatic N) is 3. The van der Waals surface area contributed by atoms with Crippen molar-refractivity contribution in [2.24, 2.45) is 0 Å². The molecule has 198 valence electrons. The molecule has 11 heteroatoms. The van der Waals surface area contributed by atoms with Gasteiger partial charge in [0.15, 0.2) is 11.6 Å². The summed E-state index contributed by atoms with van der Waals surface area (Å²) in [5.41, 5.74) is 3.69. The first-order valence-electron chi connectivity index (χ1n) is 12.2. The number of ether oxygens (including phenoxy) is 2. The fourth-order valence-electron chi connectivity index (χ4n) is 5.39. The first kappa shape index (κ1) is 24.4. The van der Waals surface area contributed by atoms with Crippen LogP contribution >= 0.6 is 0 Å². The number of likely N-dealkylation sites (tertiary alicyclic amines) is 1. The molecule has 0 saturated carbocycles. The number of rotatable bonds is 6. The summed E-state index contributed by atoms with van der Waals surface area (Å²) in [4.78, 5) is 39.9. The number of fused-ring (bicyclic) bond motifs is 3. The number of nitrogens with one attached hydrogen (secondary N) is 3. The third kappa shape index (κ3) is 3.77.